The van der Waals surface area contributed by atoms with Gasteiger partial charge < -0.3 is 14.8 Å². The fraction of sp³-hybridized carbons (Fsp3) is 0.462. The molecule has 1 N–H and O–H groups in total. The Balaban J connectivity index is 1.93. The van der Waals surface area contributed by atoms with Gasteiger partial charge in [-0.05, 0) is 18.5 Å². The first kappa shape index (κ1) is 13.7. The van der Waals surface area contributed by atoms with E-state index in [0.29, 0.717) is 6.61 Å². The zero-order chi connectivity index (χ0) is 12.3. The summed E-state index contributed by atoms with van der Waals surface area (Å²) in [5.74, 6) is -0.331. The van der Waals surface area contributed by atoms with E-state index in [0.717, 1.165) is 19.5 Å². The van der Waals surface area contributed by atoms with Crippen molar-refractivity contribution in [3.8, 4) is 0 Å². The van der Waals surface area contributed by atoms with Crippen LogP contribution in [0, 0.1) is 0 Å². The molecule has 0 radical (unpaired) electrons. The lowest BCUT2D eigenvalue weighted by molar-refractivity contribution is -0.145. The van der Waals surface area contributed by atoms with Crippen molar-refractivity contribution in [2.24, 2.45) is 0 Å². The largest absolute Gasteiger partial charge is 0.467 e. The third kappa shape index (κ3) is 6.71. The molecule has 0 saturated carbocycles. The van der Waals surface area contributed by atoms with Gasteiger partial charge >= 0.3 is 5.97 Å². The van der Waals surface area contributed by atoms with Gasteiger partial charge in [0.1, 0.15) is 6.61 Å². The van der Waals surface area contributed by atoms with E-state index >= 15 is 0 Å². The Bertz CT molecular complexity index is 314. The molecule has 94 valence electrons. The molecule has 0 unspecified atom stereocenters. The van der Waals surface area contributed by atoms with Crippen LogP contribution in [0.25, 0.3) is 0 Å². The lowest BCUT2D eigenvalue weighted by atomic mass is 10.2. The second-order valence-corrected chi connectivity index (χ2v) is 3.64. The minimum absolute atomic E-state index is 0.0369. The van der Waals surface area contributed by atoms with Gasteiger partial charge in [-0.15, -0.1) is 0 Å². The zero-order valence-corrected chi connectivity index (χ0v) is 10.1. The van der Waals surface area contributed by atoms with Gasteiger partial charge in [-0.25, -0.2) is 4.79 Å². The molecule has 0 fully saturated rings. The molecular formula is C13H19NO3. The second kappa shape index (κ2) is 8.73. The maximum atomic E-state index is 10.7. The third-order valence-corrected chi connectivity index (χ3v) is 2.26. The van der Waals surface area contributed by atoms with E-state index in [4.69, 9.17) is 4.74 Å². The number of nitrogens with one attached hydrogen (secondary N) is 1. The van der Waals surface area contributed by atoms with Crippen molar-refractivity contribution in [1.82, 2.24) is 5.32 Å². The normalized spacial score (nSPS) is 10.2. The molecule has 0 aromatic heterocycles. The molecule has 1 aromatic rings. The minimum Gasteiger partial charge on any atom is -0.467 e. The van der Waals surface area contributed by atoms with Crippen molar-refractivity contribution in [2.45, 2.75) is 13.0 Å². The van der Waals surface area contributed by atoms with Gasteiger partial charge in [0, 0.05) is 13.2 Å². The van der Waals surface area contributed by atoms with E-state index in [1.54, 1.807) is 0 Å². The van der Waals surface area contributed by atoms with Crippen molar-refractivity contribution in [2.75, 3.05) is 26.9 Å². The Morgan fingerprint density at radius 2 is 2.06 bits per heavy atom. The molecule has 0 aliphatic rings. The maximum absolute atomic E-state index is 10.7. The summed E-state index contributed by atoms with van der Waals surface area (Å²) < 4.78 is 9.58. The van der Waals surface area contributed by atoms with Gasteiger partial charge in [0.15, 0.2) is 0 Å². The highest BCUT2D eigenvalue weighted by Gasteiger charge is 1.98. The Kier molecular flexibility index (Phi) is 7.02. The first-order chi connectivity index (χ1) is 8.33. The number of methoxy groups -OCH3 is 1. The van der Waals surface area contributed by atoms with Crippen molar-refractivity contribution >= 4 is 5.97 Å². The topological polar surface area (TPSA) is 47.6 Å². The first-order valence-corrected chi connectivity index (χ1v) is 5.72. The SMILES string of the molecule is COC(=O)COCCCNCc1ccccc1. The molecule has 0 atom stereocenters. The van der Waals surface area contributed by atoms with Crippen molar-refractivity contribution in [1.29, 1.82) is 0 Å². The number of rotatable bonds is 8. The minimum atomic E-state index is -0.331. The van der Waals surface area contributed by atoms with E-state index in [1.807, 2.05) is 18.2 Å². The standard InChI is InChI=1S/C13H19NO3/c1-16-13(15)11-17-9-5-8-14-10-12-6-3-2-4-7-12/h2-4,6-7,14H,5,8-11H2,1H3. The summed E-state index contributed by atoms with van der Waals surface area (Å²) in [6, 6.07) is 10.2. The number of hydrogen-bond acceptors (Lipinski definition) is 4. The summed E-state index contributed by atoms with van der Waals surface area (Å²) >= 11 is 0. The van der Waals surface area contributed by atoms with E-state index < -0.39 is 0 Å². The fourth-order valence-electron chi connectivity index (χ4n) is 1.34. The van der Waals surface area contributed by atoms with Crippen LogP contribution in [0.1, 0.15) is 12.0 Å². The van der Waals surface area contributed by atoms with Crippen LogP contribution in [-0.2, 0) is 20.8 Å². The number of carbonyl (C=O) groups is 1. The molecule has 4 nitrogen and oxygen atoms in total. The highest BCUT2D eigenvalue weighted by Crippen LogP contribution is 1.96. The van der Waals surface area contributed by atoms with E-state index in [1.165, 1.54) is 12.7 Å². The third-order valence-electron chi connectivity index (χ3n) is 2.26. The number of esters is 1. The molecular weight excluding hydrogens is 218 g/mol. The van der Waals surface area contributed by atoms with Crippen LogP contribution in [0.2, 0.25) is 0 Å². The van der Waals surface area contributed by atoms with Crippen LogP contribution in [0.15, 0.2) is 30.3 Å². The summed E-state index contributed by atoms with van der Waals surface area (Å²) in [5, 5.41) is 3.31. The lowest BCUT2D eigenvalue weighted by Crippen LogP contribution is -2.17. The number of carbonyl (C=O) groups excluding carboxylic acids is 1. The molecule has 1 aromatic carbocycles. The predicted molar refractivity (Wildman–Crippen MR) is 65.6 cm³/mol. The monoisotopic (exact) mass is 237 g/mol. The van der Waals surface area contributed by atoms with Crippen LogP contribution < -0.4 is 5.32 Å². The van der Waals surface area contributed by atoms with Crippen LogP contribution in [0.4, 0.5) is 0 Å². The number of benzene rings is 1. The van der Waals surface area contributed by atoms with Crippen molar-refractivity contribution in [3.05, 3.63) is 35.9 Å². The summed E-state index contributed by atoms with van der Waals surface area (Å²) in [7, 11) is 1.35. The maximum Gasteiger partial charge on any atom is 0.331 e. The Morgan fingerprint density at radius 1 is 1.29 bits per heavy atom. The zero-order valence-electron chi connectivity index (χ0n) is 10.1. The molecule has 17 heavy (non-hydrogen) atoms. The average molecular weight is 237 g/mol. The molecule has 0 bridgehead atoms. The Labute approximate surface area is 102 Å². The van der Waals surface area contributed by atoms with E-state index in [2.05, 4.69) is 22.2 Å². The van der Waals surface area contributed by atoms with Gasteiger partial charge in [-0.2, -0.15) is 0 Å². The van der Waals surface area contributed by atoms with E-state index in [9.17, 15) is 4.79 Å². The predicted octanol–water partition coefficient (Wildman–Crippen LogP) is 1.36. The molecule has 0 aliphatic heterocycles. The molecule has 1 rings (SSSR count). The van der Waals surface area contributed by atoms with Gasteiger partial charge in [0.05, 0.1) is 7.11 Å². The van der Waals surface area contributed by atoms with Gasteiger partial charge in [-0.3, -0.25) is 0 Å². The number of ether oxygens (including phenoxy) is 2. The molecule has 0 spiro atoms. The van der Waals surface area contributed by atoms with Crippen LogP contribution in [0.5, 0.6) is 0 Å². The van der Waals surface area contributed by atoms with Crippen molar-refractivity contribution in [3.63, 3.8) is 0 Å². The molecule has 0 amide bonds. The molecule has 0 saturated heterocycles. The van der Waals surface area contributed by atoms with E-state index in [-0.39, 0.29) is 12.6 Å². The Morgan fingerprint density at radius 3 is 2.76 bits per heavy atom. The fourth-order valence-corrected chi connectivity index (χ4v) is 1.34. The summed E-state index contributed by atoms with van der Waals surface area (Å²) in [6.45, 7) is 2.33. The molecule has 4 heteroatoms. The Hall–Kier alpha value is -1.39. The lowest BCUT2D eigenvalue weighted by Gasteiger charge is -2.05. The average Bonchev–Trinajstić information content (AvgIpc) is 2.38. The smallest absolute Gasteiger partial charge is 0.331 e. The van der Waals surface area contributed by atoms with Gasteiger partial charge in [-0.1, -0.05) is 30.3 Å². The summed E-state index contributed by atoms with van der Waals surface area (Å²) in [6.07, 6.45) is 0.879. The van der Waals surface area contributed by atoms with Gasteiger partial charge in [0.2, 0.25) is 0 Å². The van der Waals surface area contributed by atoms with Crippen molar-refractivity contribution < 1.29 is 14.3 Å². The summed E-state index contributed by atoms with van der Waals surface area (Å²) in [4.78, 5) is 10.7. The molecule has 0 aliphatic carbocycles. The van der Waals surface area contributed by atoms with Crippen LogP contribution >= 0.6 is 0 Å². The molecule has 0 heterocycles. The van der Waals surface area contributed by atoms with Gasteiger partial charge in [0.25, 0.3) is 0 Å². The summed E-state index contributed by atoms with van der Waals surface area (Å²) in [5.41, 5.74) is 1.27. The number of hydrogen-bond donors (Lipinski definition) is 1. The second-order valence-electron chi connectivity index (χ2n) is 3.64. The highest BCUT2D eigenvalue weighted by molar-refractivity contribution is 5.70. The van der Waals surface area contributed by atoms with Crippen LogP contribution in [0.3, 0.4) is 0 Å². The van der Waals surface area contributed by atoms with Crippen LogP contribution in [-0.4, -0.2) is 32.8 Å². The highest BCUT2D eigenvalue weighted by atomic mass is 16.6. The quantitative estimate of drug-likeness (QED) is 0.548. The first-order valence-electron chi connectivity index (χ1n) is 5.72.